The van der Waals surface area contributed by atoms with Crippen molar-refractivity contribution < 1.29 is 17.2 Å². The number of aryl methyl sites for hydroxylation is 1. The van der Waals surface area contributed by atoms with Crippen LogP contribution in [0, 0.1) is 18.6 Å². The van der Waals surface area contributed by atoms with Gasteiger partial charge in [-0.25, -0.2) is 31.2 Å². The van der Waals surface area contributed by atoms with Gasteiger partial charge in [-0.2, -0.15) is 5.10 Å². The van der Waals surface area contributed by atoms with Crippen molar-refractivity contribution in [3.05, 3.63) is 76.2 Å². The first-order valence-corrected chi connectivity index (χ1v) is 12.1. The van der Waals surface area contributed by atoms with Gasteiger partial charge in [0.15, 0.2) is 0 Å². The molecule has 1 atom stereocenters. The zero-order valence-electron chi connectivity index (χ0n) is 17.9. The number of rotatable bonds is 5. The molecular formula is C22H21F2N5O3S. The molecule has 172 valence electrons. The van der Waals surface area contributed by atoms with Crippen LogP contribution < -0.4 is 10.4 Å². The highest BCUT2D eigenvalue weighted by atomic mass is 32.2. The Morgan fingerprint density at radius 3 is 2.58 bits per heavy atom. The lowest BCUT2D eigenvalue weighted by Gasteiger charge is -2.12. The maximum atomic E-state index is 14.6. The van der Waals surface area contributed by atoms with Gasteiger partial charge >= 0.3 is 5.69 Å². The molecule has 1 aliphatic rings. The summed E-state index contributed by atoms with van der Waals surface area (Å²) in [5, 5.41) is 4.44. The smallest absolute Gasteiger partial charge is 0.294 e. The molecule has 8 nitrogen and oxygen atoms in total. The van der Waals surface area contributed by atoms with Gasteiger partial charge in [-0.3, -0.25) is 9.13 Å². The van der Waals surface area contributed by atoms with Gasteiger partial charge in [-0.15, -0.1) is 0 Å². The molecule has 0 saturated carbocycles. The van der Waals surface area contributed by atoms with Gasteiger partial charge in [-0.05, 0) is 32.0 Å². The Morgan fingerprint density at radius 2 is 1.91 bits per heavy atom. The molecule has 3 aromatic heterocycles. The van der Waals surface area contributed by atoms with Crippen molar-refractivity contribution in [1.82, 2.24) is 23.5 Å². The van der Waals surface area contributed by atoms with Crippen LogP contribution in [0.4, 0.5) is 8.78 Å². The summed E-state index contributed by atoms with van der Waals surface area (Å²) in [5.41, 5.74) is 1.70. The topological polar surface area (TPSA) is 90.4 Å². The van der Waals surface area contributed by atoms with Crippen LogP contribution in [0.2, 0.25) is 0 Å². The molecule has 11 heteroatoms. The van der Waals surface area contributed by atoms with E-state index >= 15 is 0 Å². The van der Waals surface area contributed by atoms with E-state index in [2.05, 4.69) is 9.82 Å². The van der Waals surface area contributed by atoms with Gasteiger partial charge in [0.2, 0.25) is 10.0 Å². The van der Waals surface area contributed by atoms with Crippen LogP contribution in [0.25, 0.3) is 22.3 Å². The summed E-state index contributed by atoms with van der Waals surface area (Å²) >= 11 is 0. The summed E-state index contributed by atoms with van der Waals surface area (Å²) < 4.78 is 60.1. The van der Waals surface area contributed by atoms with Gasteiger partial charge in [0, 0.05) is 42.7 Å². The van der Waals surface area contributed by atoms with Gasteiger partial charge in [0.25, 0.3) is 0 Å². The Labute approximate surface area is 188 Å². The fourth-order valence-corrected chi connectivity index (χ4v) is 5.27. The van der Waals surface area contributed by atoms with Crippen molar-refractivity contribution >= 4 is 15.5 Å². The lowest BCUT2D eigenvalue weighted by molar-refractivity contribution is 0.533. The van der Waals surface area contributed by atoms with Crippen molar-refractivity contribution in [1.29, 1.82) is 0 Å². The molecule has 33 heavy (non-hydrogen) atoms. The van der Waals surface area contributed by atoms with Gasteiger partial charge in [-0.1, -0.05) is 12.1 Å². The van der Waals surface area contributed by atoms with Crippen LogP contribution >= 0.6 is 0 Å². The van der Waals surface area contributed by atoms with Crippen molar-refractivity contribution in [2.45, 2.75) is 32.9 Å². The predicted molar refractivity (Wildman–Crippen MR) is 119 cm³/mol. The highest BCUT2D eigenvalue weighted by Gasteiger charge is 2.30. The molecule has 4 heterocycles. The lowest BCUT2D eigenvalue weighted by atomic mass is 10.0. The predicted octanol–water partition coefficient (Wildman–Crippen LogP) is 2.40. The standard InChI is InChI=1S/C22H21F2N5O3S/c1-3-33(31,32)26-14-10-15-12-28(22(30)27(15)11-14)20-13(2)25-29-9-5-6-16(21(20)29)19-17(23)7-4-8-18(19)24/h4-9,12,14,26H,3,10-11H2,1-2H3/t14-/m0/s1. The minimum absolute atomic E-state index is 0.0421. The number of pyridine rings is 1. The van der Waals surface area contributed by atoms with E-state index < -0.39 is 27.7 Å². The number of benzene rings is 1. The summed E-state index contributed by atoms with van der Waals surface area (Å²) in [6, 6.07) is 6.48. The van der Waals surface area contributed by atoms with E-state index in [1.165, 1.54) is 31.8 Å². The third-order valence-corrected chi connectivity index (χ3v) is 7.37. The molecule has 0 amide bonds. The Morgan fingerprint density at radius 1 is 1.18 bits per heavy atom. The number of halogens is 2. The number of hydrogen-bond donors (Lipinski definition) is 1. The second kappa shape index (κ2) is 7.63. The van der Waals surface area contributed by atoms with E-state index in [0.717, 1.165) is 0 Å². The number of nitrogens with one attached hydrogen (secondary N) is 1. The highest BCUT2D eigenvalue weighted by molar-refractivity contribution is 7.89. The Kier molecular flexibility index (Phi) is 4.98. The molecule has 0 spiro atoms. The molecule has 5 rings (SSSR count). The van der Waals surface area contributed by atoms with E-state index in [9.17, 15) is 22.0 Å². The van der Waals surface area contributed by atoms with Crippen LogP contribution in [0.3, 0.4) is 0 Å². The molecule has 0 radical (unpaired) electrons. The highest BCUT2D eigenvalue weighted by Crippen LogP contribution is 2.34. The number of aromatic nitrogens is 4. The molecule has 1 aromatic carbocycles. The maximum absolute atomic E-state index is 14.6. The maximum Gasteiger partial charge on any atom is 0.333 e. The monoisotopic (exact) mass is 473 g/mol. The van der Waals surface area contributed by atoms with Gasteiger partial charge in [0.1, 0.15) is 11.6 Å². The van der Waals surface area contributed by atoms with Crippen molar-refractivity contribution in [3.8, 4) is 16.8 Å². The van der Waals surface area contributed by atoms with Crippen molar-refractivity contribution in [2.24, 2.45) is 0 Å². The molecule has 0 fully saturated rings. The average Bonchev–Trinajstić information content (AvgIpc) is 3.39. The zero-order valence-corrected chi connectivity index (χ0v) is 18.7. The first-order valence-electron chi connectivity index (χ1n) is 10.4. The van der Waals surface area contributed by atoms with Gasteiger partial charge < -0.3 is 0 Å². The average molecular weight is 474 g/mol. The zero-order chi connectivity index (χ0) is 23.5. The third kappa shape index (κ3) is 3.47. The molecule has 0 bridgehead atoms. The molecular weight excluding hydrogens is 452 g/mol. The first-order chi connectivity index (χ1) is 15.7. The van der Waals surface area contributed by atoms with E-state index in [1.54, 1.807) is 38.4 Å². The van der Waals surface area contributed by atoms with Crippen LogP contribution in [0.5, 0.6) is 0 Å². The SMILES string of the molecule is CCS(=O)(=O)N[C@H]1Cc2cn(-c3c(C)nn4cccc(-c5c(F)cccc5F)c34)c(=O)n2C1. The lowest BCUT2D eigenvalue weighted by Crippen LogP contribution is -2.38. The molecule has 0 unspecified atom stereocenters. The summed E-state index contributed by atoms with van der Waals surface area (Å²) in [5.74, 6) is -1.48. The number of nitrogens with zero attached hydrogens (tertiary/aromatic N) is 4. The summed E-state index contributed by atoms with van der Waals surface area (Å²) in [6.07, 6.45) is 3.65. The number of hydrogen-bond acceptors (Lipinski definition) is 4. The van der Waals surface area contributed by atoms with Crippen LogP contribution in [0.1, 0.15) is 18.3 Å². The Hall–Kier alpha value is -3.31. The summed E-state index contributed by atoms with van der Waals surface area (Å²) in [4.78, 5) is 13.3. The normalized spacial score (nSPS) is 15.9. The second-order valence-electron chi connectivity index (χ2n) is 8.05. The van der Waals surface area contributed by atoms with E-state index in [-0.39, 0.29) is 29.1 Å². The minimum atomic E-state index is -3.40. The molecule has 0 aliphatic carbocycles. The van der Waals surface area contributed by atoms with Crippen molar-refractivity contribution in [3.63, 3.8) is 0 Å². The minimum Gasteiger partial charge on any atom is -0.294 e. The molecule has 0 saturated heterocycles. The van der Waals surface area contributed by atoms with Gasteiger partial charge in [0.05, 0.1) is 28.2 Å². The first kappa shape index (κ1) is 21.5. The summed E-state index contributed by atoms with van der Waals surface area (Å²) in [7, 11) is -3.40. The molecule has 1 N–H and O–H groups in total. The summed E-state index contributed by atoms with van der Waals surface area (Å²) in [6.45, 7) is 3.47. The fraction of sp³-hybridized carbons (Fsp3) is 0.273. The second-order valence-corrected chi connectivity index (χ2v) is 10.1. The molecule has 4 aromatic rings. The van der Waals surface area contributed by atoms with Crippen LogP contribution in [0.15, 0.2) is 47.5 Å². The Bertz CT molecular complexity index is 1550. The number of imidazole rings is 1. The molecule has 1 aliphatic heterocycles. The van der Waals surface area contributed by atoms with Crippen molar-refractivity contribution in [2.75, 3.05) is 5.75 Å². The number of sulfonamides is 1. The quantitative estimate of drug-likeness (QED) is 0.482. The van der Waals surface area contributed by atoms with E-state index in [0.29, 0.717) is 29.0 Å². The van der Waals surface area contributed by atoms with Crippen LogP contribution in [-0.2, 0) is 23.0 Å². The Balaban J connectivity index is 1.66. The fourth-order valence-electron chi connectivity index (χ4n) is 4.44. The van der Waals surface area contributed by atoms with E-state index in [4.69, 9.17) is 0 Å². The van der Waals surface area contributed by atoms with E-state index in [1.807, 2.05) is 0 Å². The third-order valence-electron chi connectivity index (χ3n) is 5.92. The number of fused-ring (bicyclic) bond motifs is 2. The van der Waals surface area contributed by atoms with Crippen LogP contribution in [-0.4, -0.2) is 39.0 Å². The largest absolute Gasteiger partial charge is 0.333 e.